The summed E-state index contributed by atoms with van der Waals surface area (Å²) in [6.45, 7) is 9.37. The monoisotopic (exact) mass is 268 g/mol. The Balaban J connectivity index is 1.90. The molecule has 1 atom stereocenters. The van der Waals surface area contributed by atoms with Gasteiger partial charge in [0.2, 0.25) is 0 Å². The molecule has 0 aromatic rings. The number of carbonyl (C=O) groups is 1. The zero-order valence-corrected chi connectivity index (χ0v) is 12.5. The van der Waals surface area contributed by atoms with Crippen LogP contribution in [0.3, 0.4) is 0 Å². The number of piperidine rings is 1. The predicted molar refractivity (Wildman–Crippen MR) is 75.9 cm³/mol. The molecule has 3 N–H and O–H groups in total. The highest BCUT2D eigenvalue weighted by Gasteiger charge is 2.49. The van der Waals surface area contributed by atoms with Crippen LogP contribution in [0, 0.1) is 17.3 Å². The van der Waals surface area contributed by atoms with Crippen LogP contribution in [0.15, 0.2) is 0 Å². The Labute approximate surface area is 116 Å². The largest absolute Gasteiger partial charge is 0.480 e. The van der Waals surface area contributed by atoms with E-state index < -0.39 is 11.5 Å². The molecule has 19 heavy (non-hydrogen) atoms. The zero-order valence-electron chi connectivity index (χ0n) is 12.5. The molecular formula is C15H28N2O2. The number of hydrogen-bond donors (Lipinski definition) is 2. The molecule has 0 aromatic carbocycles. The van der Waals surface area contributed by atoms with Crippen LogP contribution in [0.25, 0.3) is 0 Å². The van der Waals surface area contributed by atoms with Crippen LogP contribution < -0.4 is 5.73 Å². The van der Waals surface area contributed by atoms with Crippen LogP contribution >= 0.6 is 0 Å². The van der Waals surface area contributed by atoms with Crippen molar-refractivity contribution in [2.24, 2.45) is 23.0 Å². The SMILES string of the molecule is CC(C)(C)C1CCN(CC(N)(C(=O)O)C2CC2)CC1. The van der Waals surface area contributed by atoms with Crippen LogP contribution in [-0.2, 0) is 4.79 Å². The molecule has 4 heteroatoms. The van der Waals surface area contributed by atoms with Gasteiger partial charge in [-0.05, 0) is 56.0 Å². The van der Waals surface area contributed by atoms with Gasteiger partial charge >= 0.3 is 5.97 Å². The summed E-state index contributed by atoms with van der Waals surface area (Å²) in [7, 11) is 0. The van der Waals surface area contributed by atoms with E-state index >= 15 is 0 Å². The Kier molecular flexibility index (Phi) is 3.94. The Hall–Kier alpha value is -0.610. The molecule has 0 spiro atoms. The standard InChI is InChI=1S/C15H28N2O2/c1-14(2,3)11-6-8-17(9-7-11)10-15(16,13(18)19)12-4-5-12/h11-12H,4-10,16H2,1-3H3,(H,18,19). The second-order valence-corrected chi connectivity index (χ2v) is 7.54. The minimum atomic E-state index is -1.02. The summed E-state index contributed by atoms with van der Waals surface area (Å²) < 4.78 is 0. The zero-order chi connectivity index (χ0) is 14.3. The van der Waals surface area contributed by atoms with Crippen LogP contribution in [-0.4, -0.2) is 41.1 Å². The molecule has 2 fully saturated rings. The fourth-order valence-electron chi connectivity index (χ4n) is 3.30. The first-order valence-corrected chi connectivity index (χ1v) is 7.48. The number of rotatable bonds is 4. The minimum absolute atomic E-state index is 0.185. The fourth-order valence-corrected chi connectivity index (χ4v) is 3.30. The highest BCUT2D eigenvalue weighted by atomic mass is 16.4. The van der Waals surface area contributed by atoms with Gasteiger partial charge in [-0.15, -0.1) is 0 Å². The lowest BCUT2D eigenvalue weighted by molar-refractivity contribution is -0.145. The average molecular weight is 268 g/mol. The molecule has 0 amide bonds. The number of aliphatic carboxylic acids is 1. The first-order valence-electron chi connectivity index (χ1n) is 7.48. The highest BCUT2D eigenvalue weighted by Crippen LogP contribution is 2.40. The first kappa shape index (κ1) is 14.8. The van der Waals surface area contributed by atoms with Gasteiger partial charge in [0.25, 0.3) is 0 Å². The van der Waals surface area contributed by atoms with Crippen molar-refractivity contribution in [1.29, 1.82) is 0 Å². The Morgan fingerprint density at radius 3 is 2.05 bits per heavy atom. The number of carboxylic acids is 1. The first-order chi connectivity index (χ1) is 8.73. The van der Waals surface area contributed by atoms with E-state index in [9.17, 15) is 9.90 Å². The average Bonchev–Trinajstić information content (AvgIpc) is 3.12. The minimum Gasteiger partial charge on any atom is -0.480 e. The second-order valence-electron chi connectivity index (χ2n) is 7.54. The molecule has 0 radical (unpaired) electrons. The molecule has 1 saturated heterocycles. The van der Waals surface area contributed by atoms with E-state index in [0.717, 1.165) is 44.7 Å². The maximum Gasteiger partial charge on any atom is 0.325 e. The Bertz CT molecular complexity index is 339. The summed E-state index contributed by atoms with van der Waals surface area (Å²) in [4.78, 5) is 13.7. The summed E-state index contributed by atoms with van der Waals surface area (Å²) in [6, 6.07) is 0. The van der Waals surface area contributed by atoms with Crippen molar-refractivity contribution in [2.45, 2.75) is 52.0 Å². The predicted octanol–water partition coefficient (Wildman–Crippen LogP) is 1.94. The van der Waals surface area contributed by atoms with Crippen molar-refractivity contribution >= 4 is 5.97 Å². The van der Waals surface area contributed by atoms with Crippen LogP contribution in [0.1, 0.15) is 46.5 Å². The molecule has 0 aromatic heterocycles. The van der Waals surface area contributed by atoms with Crippen molar-refractivity contribution in [3.8, 4) is 0 Å². The number of nitrogens with zero attached hydrogens (tertiary/aromatic N) is 1. The Morgan fingerprint density at radius 2 is 1.68 bits per heavy atom. The number of carboxylic acid groups (broad SMARTS) is 1. The third-order valence-electron chi connectivity index (χ3n) is 5.00. The van der Waals surface area contributed by atoms with Gasteiger partial charge in [0.1, 0.15) is 5.54 Å². The molecule has 1 heterocycles. The fraction of sp³-hybridized carbons (Fsp3) is 0.933. The number of likely N-dealkylation sites (tertiary alicyclic amines) is 1. The van der Waals surface area contributed by atoms with Gasteiger partial charge in [-0.3, -0.25) is 4.79 Å². The summed E-state index contributed by atoms with van der Waals surface area (Å²) >= 11 is 0. The molecule has 110 valence electrons. The molecule has 1 unspecified atom stereocenters. The summed E-state index contributed by atoms with van der Waals surface area (Å²) in [5, 5.41) is 9.40. The van der Waals surface area contributed by atoms with Crippen LogP contribution in [0.2, 0.25) is 0 Å². The maximum absolute atomic E-state index is 11.4. The van der Waals surface area contributed by atoms with E-state index in [2.05, 4.69) is 25.7 Å². The van der Waals surface area contributed by atoms with Gasteiger partial charge in [-0.1, -0.05) is 20.8 Å². The molecule has 0 bridgehead atoms. The van der Waals surface area contributed by atoms with Gasteiger partial charge in [-0.25, -0.2) is 0 Å². The lowest BCUT2D eigenvalue weighted by atomic mass is 9.75. The van der Waals surface area contributed by atoms with Crippen LogP contribution in [0.4, 0.5) is 0 Å². The lowest BCUT2D eigenvalue weighted by Crippen LogP contribution is -2.59. The van der Waals surface area contributed by atoms with Gasteiger partial charge in [-0.2, -0.15) is 0 Å². The van der Waals surface area contributed by atoms with Crippen molar-refractivity contribution in [2.75, 3.05) is 19.6 Å². The van der Waals surface area contributed by atoms with Crippen molar-refractivity contribution in [3.05, 3.63) is 0 Å². The van der Waals surface area contributed by atoms with Gasteiger partial charge in [0.05, 0.1) is 0 Å². The smallest absolute Gasteiger partial charge is 0.325 e. The molecule has 1 aliphatic carbocycles. The van der Waals surface area contributed by atoms with Gasteiger partial charge in [0, 0.05) is 6.54 Å². The van der Waals surface area contributed by atoms with E-state index in [1.807, 2.05) is 0 Å². The normalized spacial score (nSPS) is 26.1. The number of nitrogens with two attached hydrogens (primary N) is 1. The molecular weight excluding hydrogens is 240 g/mol. The van der Waals surface area contributed by atoms with Crippen molar-refractivity contribution < 1.29 is 9.90 Å². The van der Waals surface area contributed by atoms with E-state index in [4.69, 9.17) is 5.73 Å². The number of hydrogen-bond acceptors (Lipinski definition) is 3. The summed E-state index contributed by atoms with van der Waals surface area (Å²) in [6.07, 6.45) is 4.26. The van der Waals surface area contributed by atoms with Crippen molar-refractivity contribution in [3.63, 3.8) is 0 Å². The third-order valence-corrected chi connectivity index (χ3v) is 5.00. The Morgan fingerprint density at radius 1 is 1.16 bits per heavy atom. The van der Waals surface area contributed by atoms with E-state index in [1.54, 1.807) is 0 Å². The van der Waals surface area contributed by atoms with Crippen LogP contribution in [0.5, 0.6) is 0 Å². The lowest BCUT2D eigenvalue weighted by Gasteiger charge is -2.41. The maximum atomic E-state index is 11.4. The van der Waals surface area contributed by atoms with Gasteiger partial charge in [0.15, 0.2) is 0 Å². The van der Waals surface area contributed by atoms with Crippen molar-refractivity contribution in [1.82, 2.24) is 4.90 Å². The summed E-state index contributed by atoms with van der Waals surface area (Å²) in [5.74, 6) is 0.0972. The van der Waals surface area contributed by atoms with E-state index in [0.29, 0.717) is 12.0 Å². The highest BCUT2D eigenvalue weighted by molar-refractivity contribution is 5.79. The van der Waals surface area contributed by atoms with E-state index in [1.165, 1.54) is 0 Å². The quantitative estimate of drug-likeness (QED) is 0.817. The summed E-state index contributed by atoms with van der Waals surface area (Å²) in [5.41, 5.74) is 5.49. The van der Waals surface area contributed by atoms with Gasteiger partial charge < -0.3 is 15.7 Å². The molecule has 2 aliphatic rings. The topological polar surface area (TPSA) is 66.6 Å². The molecule has 1 saturated carbocycles. The molecule has 1 aliphatic heterocycles. The molecule has 2 rings (SSSR count). The molecule has 4 nitrogen and oxygen atoms in total. The van der Waals surface area contributed by atoms with E-state index in [-0.39, 0.29) is 5.92 Å². The second kappa shape index (κ2) is 5.06. The third kappa shape index (κ3) is 3.29.